The molecule has 0 heterocycles. The molecule has 0 bridgehead atoms. The minimum atomic E-state index is -4.36. The van der Waals surface area contributed by atoms with E-state index >= 15 is 0 Å². The zero-order chi connectivity index (χ0) is 33.4. The van der Waals surface area contributed by atoms with Gasteiger partial charge in [0.2, 0.25) is 11.8 Å². The number of halogens is 3. The van der Waals surface area contributed by atoms with Crippen LogP contribution in [0.15, 0.2) is 108 Å². The monoisotopic (exact) mass is 679 g/mol. The number of rotatable bonds is 12. The van der Waals surface area contributed by atoms with E-state index in [-0.39, 0.29) is 40.5 Å². The molecule has 0 aliphatic heterocycles. The summed E-state index contributed by atoms with van der Waals surface area (Å²) in [6, 6.07) is 24.7. The molecule has 2 amide bonds. The number of hydrogen-bond acceptors (Lipinski definition) is 4. The van der Waals surface area contributed by atoms with Crippen LogP contribution in [0.4, 0.5) is 14.5 Å². The summed E-state index contributed by atoms with van der Waals surface area (Å²) >= 11 is 6.07. The minimum absolute atomic E-state index is 0.0263. The topological polar surface area (TPSA) is 86.8 Å². The second-order valence-electron chi connectivity index (χ2n) is 11.6. The summed E-state index contributed by atoms with van der Waals surface area (Å²) < 4.78 is 57.0. The number of carbonyl (C=O) groups is 2. The molecule has 4 aromatic carbocycles. The van der Waals surface area contributed by atoms with E-state index in [4.69, 9.17) is 11.6 Å². The largest absolute Gasteiger partial charge is 0.352 e. The average Bonchev–Trinajstić information content (AvgIpc) is 3.08. The maximum atomic E-state index is 14.5. The number of anilines is 1. The van der Waals surface area contributed by atoms with E-state index in [1.165, 1.54) is 47.4 Å². The molecule has 1 aliphatic rings. The Bertz CT molecular complexity index is 1770. The van der Waals surface area contributed by atoms with Crippen molar-refractivity contribution in [2.24, 2.45) is 0 Å². The quantitative estimate of drug-likeness (QED) is 0.177. The lowest BCUT2D eigenvalue weighted by Crippen LogP contribution is -2.55. The van der Waals surface area contributed by atoms with E-state index in [2.05, 4.69) is 5.32 Å². The predicted octanol–water partition coefficient (Wildman–Crippen LogP) is 6.90. The van der Waals surface area contributed by atoms with E-state index in [0.29, 0.717) is 5.56 Å². The molecule has 7 nitrogen and oxygen atoms in total. The first kappa shape index (κ1) is 34.1. The zero-order valence-corrected chi connectivity index (χ0v) is 27.3. The molecule has 0 unspecified atom stereocenters. The molecule has 1 atom stereocenters. The van der Waals surface area contributed by atoms with Crippen molar-refractivity contribution in [3.05, 3.63) is 131 Å². The van der Waals surface area contributed by atoms with Gasteiger partial charge in [0.15, 0.2) is 0 Å². The highest BCUT2D eigenvalue weighted by Gasteiger charge is 2.35. The van der Waals surface area contributed by atoms with Crippen molar-refractivity contribution in [2.45, 2.75) is 62.0 Å². The van der Waals surface area contributed by atoms with Crippen LogP contribution >= 0.6 is 11.6 Å². The van der Waals surface area contributed by atoms with Gasteiger partial charge in [0, 0.05) is 19.0 Å². The van der Waals surface area contributed by atoms with Crippen LogP contribution in [0.3, 0.4) is 0 Å². The summed E-state index contributed by atoms with van der Waals surface area (Å²) in [5.41, 5.74) is 1.32. The van der Waals surface area contributed by atoms with Crippen molar-refractivity contribution in [3.63, 3.8) is 0 Å². The molecule has 246 valence electrons. The van der Waals surface area contributed by atoms with Crippen LogP contribution in [-0.4, -0.2) is 43.8 Å². The number of sulfonamides is 1. The summed E-state index contributed by atoms with van der Waals surface area (Å²) in [4.78, 5) is 29.9. The van der Waals surface area contributed by atoms with Gasteiger partial charge >= 0.3 is 0 Å². The van der Waals surface area contributed by atoms with Crippen LogP contribution in [-0.2, 0) is 32.6 Å². The van der Waals surface area contributed by atoms with Gasteiger partial charge in [-0.25, -0.2) is 17.2 Å². The number of amides is 2. The Morgan fingerprint density at radius 2 is 1.47 bits per heavy atom. The smallest absolute Gasteiger partial charge is 0.264 e. The van der Waals surface area contributed by atoms with E-state index in [1.807, 2.05) is 30.3 Å². The Balaban J connectivity index is 1.56. The third-order valence-electron chi connectivity index (χ3n) is 8.29. The first-order valence-corrected chi connectivity index (χ1v) is 17.3. The van der Waals surface area contributed by atoms with Gasteiger partial charge in [-0.15, -0.1) is 0 Å². The van der Waals surface area contributed by atoms with Gasteiger partial charge in [-0.2, -0.15) is 0 Å². The normalized spacial score (nSPS) is 14.3. The van der Waals surface area contributed by atoms with Crippen molar-refractivity contribution >= 4 is 39.1 Å². The van der Waals surface area contributed by atoms with Gasteiger partial charge < -0.3 is 10.2 Å². The maximum Gasteiger partial charge on any atom is 0.264 e. The van der Waals surface area contributed by atoms with Crippen LogP contribution in [0.2, 0.25) is 5.02 Å². The fourth-order valence-electron chi connectivity index (χ4n) is 5.77. The third kappa shape index (κ3) is 8.75. The average molecular weight is 680 g/mol. The highest BCUT2D eigenvalue weighted by atomic mass is 35.5. The summed E-state index contributed by atoms with van der Waals surface area (Å²) in [7, 11) is -4.36. The summed E-state index contributed by atoms with van der Waals surface area (Å²) in [5.74, 6) is -2.26. The molecule has 1 saturated carbocycles. The second-order valence-corrected chi connectivity index (χ2v) is 13.9. The van der Waals surface area contributed by atoms with Crippen LogP contribution in [0.1, 0.15) is 43.2 Å². The zero-order valence-electron chi connectivity index (χ0n) is 25.7. The lowest BCUT2D eigenvalue weighted by molar-refractivity contribution is -0.140. The summed E-state index contributed by atoms with van der Waals surface area (Å²) in [6.07, 6.45) is 4.86. The highest BCUT2D eigenvalue weighted by Crippen LogP contribution is 2.29. The van der Waals surface area contributed by atoms with Crippen molar-refractivity contribution in [1.29, 1.82) is 0 Å². The van der Waals surface area contributed by atoms with E-state index < -0.39 is 40.2 Å². The SMILES string of the molecule is O=C(NC1CCCCC1)[C@@H](Cc1ccccc1)N(Cc1ccc(F)cc1)C(=O)CN(c1ccc(F)c(Cl)c1)S(=O)(=O)c1ccccc1. The highest BCUT2D eigenvalue weighted by molar-refractivity contribution is 7.92. The Hall–Kier alpha value is -4.28. The van der Waals surface area contributed by atoms with Crippen LogP contribution < -0.4 is 9.62 Å². The number of nitrogens with one attached hydrogen (secondary N) is 1. The number of carbonyl (C=O) groups excluding carboxylic acids is 2. The molecule has 11 heteroatoms. The first-order chi connectivity index (χ1) is 22.6. The van der Waals surface area contributed by atoms with E-state index in [9.17, 15) is 26.8 Å². The second kappa shape index (κ2) is 15.5. The standard InChI is InChI=1S/C36H36ClF2N3O4S/c37-32-23-30(20-21-33(32)39)42(47(45,46)31-14-8-3-9-15-31)25-35(43)41(24-27-16-18-28(38)19-17-27)34(22-26-10-4-1-5-11-26)36(44)40-29-12-6-2-7-13-29/h1,3-5,8-11,14-21,23,29,34H,2,6-7,12-13,22,24-25H2,(H,40,44)/t34-/m1/s1. The number of nitrogens with zero attached hydrogens (tertiary/aromatic N) is 2. The molecular formula is C36H36ClF2N3O4S. The Labute approximate surface area is 279 Å². The molecule has 1 aliphatic carbocycles. The van der Waals surface area contributed by atoms with E-state index in [1.54, 1.807) is 18.2 Å². The van der Waals surface area contributed by atoms with Crippen LogP contribution in [0, 0.1) is 11.6 Å². The minimum Gasteiger partial charge on any atom is -0.352 e. The number of benzene rings is 4. The molecule has 1 fully saturated rings. The molecule has 47 heavy (non-hydrogen) atoms. The van der Waals surface area contributed by atoms with E-state index in [0.717, 1.165) is 54.1 Å². The molecule has 0 aromatic heterocycles. The molecule has 5 rings (SSSR count). The van der Waals surface area contributed by atoms with Crippen molar-refractivity contribution < 1.29 is 26.8 Å². The van der Waals surface area contributed by atoms with Gasteiger partial charge in [0.25, 0.3) is 10.0 Å². The van der Waals surface area contributed by atoms with Crippen molar-refractivity contribution in [2.75, 3.05) is 10.8 Å². The third-order valence-corrected chi connectivity index (χ3v) is 10.4. The van der Waals surface area contributed by atoms with Gasteiger partial charge in [-0.1, -0.05) is 91.5 Å². The van der Waals surface area contributed by atoms with Crippen LogP contribution in [0.5, 0.6) is 0 Å². The van der Waals surface area contributed by atoms with Gasteiger partial charge in [-0.05, 0) is 66.4 Å². The number of hydrogen-bond donors (Lipinski definition) is 1. The molecular weight excluding hydrogens is 644 g/mol. The van der Waals surface area contributed by atoms with Gasteiger partial charge in [0.1, 0.15) is 24.2 Å². The molecule has 0 saturated heterocycles. The maximum absolute atomic E-state index is 14.5. The lowest BCUT2D eigenvalue weighted by atomic mass is 9.94. The lowest BCUT2D eigenvalue weighted by Gasteiger charge is -2.35. The summed E-state index contributed by atoms with van der Waals surface area (Å²) in [5, 5.41) is 2.82. The van der Waals surface area contributed by atoms with Crippen molar-refractivity contribution in [3.8, 4) is 0 Å². The Morgan fingerprint density at radius 1 is 0.830 bits per heavy atom. The molecule has 4 aromatic rings. The molecule has 1 N–H and O–H groups in total. The fraction of sp³-hybridized carbons (Fsp3) is 0.278. The molecule has 0 spiro atoms. The van der Waals surface area contributed by atoms with Crippen molar-refractivity contribution in [1.82, 2.24) is 10.2 Å². The fourth-order valence-corrected chi connectivity index (χ4v) is 7.38. The Morgan fingerprint density at radius 3 is 2.11 bits per heavy atom. The molecule has 0 radical (unpaired) electrons. The summed E-state index contributed by atoms with van der Waals surface area (Å²) in [6.45, 7) is -0.819. The van der Waals surface area contributed by atoms with Gasteiger partial charge in [0.05, 0.1) is 15.6 Å². The van der Waals surface area contributed by atoms with Crippen LogP contribution in [0.25, 0.3) is 0 Å². The predicted molar refractivity (Wildman–Crippen MR) is 178 cm³/mol. The van der Waals surface area contributed by atoms with Gasteiger partial charge in [-0.3, -0.25) is 13.9 Å². The first-order valence-electron chi connectivity index (χ1n) is 15.5. The Kier molecular flexibility index (Phi) is 11.3.